The van der Waals surface area contributed by atoms with E-state index in [1.165, 1.54) is 0 Å². The average molecular weight is 279 g/mol. The molecule has 100 valence electrons. The number of carbonyl (C=O) groups is 1. The number of halogens is 1. The van der Waals surface area contributed by atoms with E-state index in [1.54, 1.807) is 0 Å². The number of aromatic nitrogens is 1. The highest BCUT2D eigenvalue weighted by molar-refractivity contribution is 6.30. The minimum absolute atomic E-state index is 0.177. The van der Waals surface area contributed by atoms with E-state index in [4.69, 9.17) is 16.7 Å². The molecule has 0 unspecified atom stereocenters. The van der Waals surface area contributed by atoms with Crippen LogP contribution in [0.3, 0.4) is 0 Å². The maximum Gasteiger partial charge on any atom is 0.303 e. The van der Waals surface area contributed by atoms with E-state index in [0.717, 1.165) is 16.5 Å². The van der Waals surface area contributed by atoms with Gasteiger partial charge in [-0.05, 0) is 25.1 Å². The number of nitrogens with one attached hydrogen (secondary N) is 1. The third-order valence-electron chi connectivity index (χ3n) is 2.81. The molecule has 0 bridgehead atoms. The van der Waals surface area contributed by atoms with Crippen molar-refractivity contribution in [3.8, 4) is 0 Å². The second-order valence-corrected chi connectivity index (χ2v) is 4.66. The van der Waals surface area contributed by atoms with Crippen molar-refractivity contribution in [1.82, 2.24) is 10.3 Å². The molecule has 1 aromatic carbocycles. The average Bonchev–Trinajstić information content (AvgIpc) is 2.38. The van der Waals surface area contributed by atoms with Crippen molar-refractivity contribution in [2.75, 3.05) is 6.54 Å². The number of fused-ring (bicyclic) bond motifs is 1. The molecule has 5 heteroatoms. The zero-order valence-corrected chi connectivity index (χ0v) is 11.2. The van der Waals surface area contributed by atoms with Crippen LogP contribution < -0.4 is 5.32 Å². The molecule has 1 heterocycles. The molecule has 0 spiro atoms. The second-order valence-electron chi connectivity index (χ2n) is 4.31. The van der Waals surface area contributed by atoms with Crippen LogP contribution in [0.15, 0.2) is 30.3 Å². The van der Waals surface area contributed by atoms with Gasteiger partial charge in [-0.15, -0.1) is 0 Å². The van der Waals surface area contributed by atoms with Crippen LogP contribution >= 0.6 is 11.6 Å². The summed E-state index contributed by atoms with van der Waals surface area (Å²) < 4.78 is 0. The molecule has 0 radical (unpaired) electrons. The summed E-state index contributed by atoms with van der Waals surface area (Å²) in [5, 5.41) is 13.2. The monoisotopic (exact) mass is 278 g/mol. The van der Waals surface area contributed by atoms with Crippen molar-refractivity contribution >= 4 is 28.5 Å². The van der Waals surface area contributed by atoms with Gasteiger partial charge in [-0.25, -0.2) is 4.98 Å². The lowest BCUT2D eigenvalue weighted by molar-refractivity contribution is -0.137. The summed E-state index contributed by atoms with van der Waals surface area (Å²) >= 11 is 6.12. The third-order valence-corrected chi connectivity index (χ3v) is 3.14. The zero-order valence-electron chi connectivity index (χ0n) is 10.4. The van der Waals surface area contributed by atoms with Crippen molar-refractivity contribution in [3.05, 3.63) is 41.0 Å². The predicted octanol–water partition coefficient (Wildman–Crippen LogP) is 2.84. The van der Waals surface area contributed by atoms with Gasteiger partial charge in [0.2, 0.25) is 0 Å². The number of hydrogen-bond donors (Lipinski definition) is 2. The summed E-state index contributed by atoms with van der Waals surface area (Å²) in [6.45, 7) is 1.24. The molecule has 0 saturated heterocycles. The van der Waals surface area contributed by atoms with E-state index in [1.807, 2.05) is 30.3 Å². The predicted molar refractivity (Wildman–Crippen MR) is 75.3 cm³/mol. The second kappa shape index (κ2) is 6.50. The van der Waals surface area contributed by atoms with Crippen LogP contribution in [0.25, 0.3) is 10.9 Å². The van der Waals surface area contributed by atoms with E-state index in [-0.39, 0.29) is 6.42 Å². The summed E-state index contributed by atoms with van der Waals surface area (Å²) in [4.78, 5) is 14.7. The van der Waals surface area contributed by atoms with Crippen LogP contribution in [0.2, 0.25) is 5.15 Å². The van der Waals surface area contributed by atoms with E-state index in [9.17, 15) is 4.79 Å². The van der Waals surface area contributed by atoms with Crippen LogP contribution in [-0.4, -0.2) is 22.6 Å². The number of rotatable bonds is 6. The summed E-state index contributed by atoms with van der Waals surface area (Å²) in [6.07, 6.45) is 0.782. The molecule has 0 aliphatic rings. The number of carboxylic acids is 1. The molecule has 0 fully saturated rings. The third kappa shape index (κ3) is 3.91. The molecule has 2 N–H and O–H groups in total. The van der Waals surface area contributed by atoms with Gasteiger partial charge in [0.15, 0.2) is 0 Å². The van der Waals surface area contributed by atoms with Crippen LogP contribution in [0, 0.1) is 0 Å². The lowest BCUT2D eigenvalue weighted by atomic mass is 10.1. The number of hydrogen-bond acceptors (Lipinski definition) is 3. The topological polar surface area (TPSA) is 62.2 Å². The summed E-state index contributed by atoms with van der Waals surface area (Å²) in [6, 6.07) is 9.81. The van der Waals surface area contributed by atoms with Gasteiger partial charge < -0.3 is 10.4 Å². The van der Waals surface area contributed by atoms with Gasteiger partial charge in [-0.2, -0.15) is 0 Å². The van der Waals surface area contributed by atoms with Gasteiger partial charge in [-0.3, -0.25) is 4.79 Å². The fourth-order valence-electron chi connectivity index (χ4n) is 1.85. The maximum absolute atomic E-state index is 10.4. The number of para-hydroxylation sites is 1. The fourth-order valence-corrected chi connectivity index (χ4v) is 2.06. The molecule has 19 heavy (non-hydrogen) atoms. The van der Waals surface area contributed by atoms with Crippen molar-refractivity contribution in [2.24, 2.45) is 0 Å². The quantitative estimate of drug-likeness (QED) is 0.630. The number of benzene rings is 1. The van der Waals surface area contributed by atoms with Crippen molar-refractivity contribution in [1.29, 1.82) is 0 Å². The molecule has 2 aromatic rings. The van der Waals surface area contributed by atoms with Crippen molar-refractivity contribution in [2.45, 2.75) is 19.4 Å². The Morgan fingerprint density at radius 1 is 1.37 bits per heavy atom. The van der Waals surface area contributed by atoms with E-state index in [0.29, 0.717) is 24.7 Å². The maximum atomic E-state index is 10.4. The molecular formula is C14H15ClN2O2. The molecule has 0 atom stereocenters. The first-order valence-corrected chi connectivity index (χ1v) is 6.51. The molecule has 0 aliphatic heterocycles. The molecule has 0 aliphatic carbocycles. The van der Waals surface area contributed by atoms with Gasteiger partial charge in [0.05, 0.1) is 5.52 Å². The highest BCUT2D eigenvalue weighted by Crippen LogP contribution is 2.20. The zero-order chi connectivity index (χ0) is 13.7. The first-order chi connectivity index (χ1) is 9.16. The Kier molecular flexibility index (Phi) is 4.71. The molecule has 0 saturated carbocycles. The van der Waals surface area contributed by atoms with Gasteiger partial charge in [-0.1, -0.05) is 29.8 Å². The molecule has 4 nitrogen and oxygen atoms in total. The highest BCUT2D eigenvalue weighted by Gasteiger charge is 2.04. The number of aliphatic carboxylic acids is 1. The van der Waals surface area contributed by atoms with E-state index < -0.39 is 5.97 Å². The summed E-state index contributed by atoms with van der Waals surface area (Å²) in [5.41, 5.74) is 1.80. The van der Waals surface area contributed by atoms with Gasteiger partial charge in [0, 0.05) is 23.9 Å². The number of carboxylic acid groups (broad SMARTS) is 1. The summed E-state index contributed by atoms with van der Waals surface area (Å²) in [5.74, 6) is -0.771. The lowest BCUT2D eigenvalue weighted by Crippen LogP contribution is -2.16. The van der Waals surface area contributed by atoms with Crippen LogP contribution in [0.4, 0.5) is 0 Å². The molecule has 2 rings (SSSR count). The Hall–Kier alpha value is -1.65. The Bertz CT molecular complexity index is 587. The minimum Gasteiger partial charge on any atom is -0.481 e. The van der Waals surface area contributed by atoms with Crippen LogP contribution in [-0.2, 0) is 11.3 Å². The SMILES string of the molecule is O=C(O)CCCNCc1cc2ccccc2nc1Cl. The van der Waals surface area contributed by atoms with Gasteiger partial charge in [0.25, 0.3) is 0 Å². The van der Waals surface area contributed by atoms with Crippen molar-refractivity contribution < 1.29 is 9.90 Å². The molecule has 1 aromatic heterocycles. The smallest absolute Gasteiger partial charge is 0.303 e. The standard InChI is InChI=1S/C14H15ClN2O2/c15-14-11(9-16-7-3-6-13(18)19)8-10-4-1-2-5-12(10)17-14/h1-2,4-5,8,16H,3,6-7,9H2,(H,18,19). The number of pyridine rings is 1. The van der Waals surface area contributed by atoms with E-state index in [2.05, 4.69) is 10.3 Å². The Morgan fingerprint density at radius 3 is 2.95 bits per heavy atom. The Morgan fingerprint density at radius 2 is 2.16 bits per heavy atom. The highest BCUT2D eigenvalue weighted by atomic mass is 35.5. The Labute approximate surface area is 116 Å². The Balaban J connectivity index is 1.96. The molecule has 0 amide bonds. The van der Waals surface area contributed by atoms with Gasteiger partial charge >= 0.3 is 5.97 Å². The van der Waals surface area contributed by atoms with Crippen LogP contribution in [0.5, 0.6) is 0 Å². The van der Waals surface area contributed by atoms with Crippen molar-refractivity contribution in [3.63, 3.8) is 0 Å². The van der Waals surface area contributed by atoms with E-state index >= 15 is 0 Å². The normalized spacial score (nSPS) is 10.8. The first kappa shape index (κ1) is 13.8. The number of nitrogens with zero attached hydrogens (tertiary/aromatic N) is 1. The molecular weight excluding hydrogens is 264 g/mol. The first-order valence-electron chi connectivity index (χ1n) is 6.13. The van der Waals surface area contributed by atoms with Crippen LogP contribution in [0.1, 0.15) is 18.4 Å². The fraction of sp³-hybridized carbons (Fsp3) is 0.286. The summed E-state index contributed by atoms with van der Waals surface area (Å²) in [7, 11) is 0. The minimum atomic E-state index is -0.771. The largest absolute Gasteiger partial charge is 0.481 e. The lowest BCUT2D eigenvalue weighted by Gasteiger charge is -2.07. The van der Waals surface area contributed by atoms with Gasteiger partial charge in [0.1, 0.15) is 5.15 Å².